The number of ketones is 1. The molecule has 0 unspecified atom stereocenters. The molecule has 1 rings (SSSR count). The van der Waals surface area contributed by atoms with Gasteiger partial charge in [-0.25, -0.2) is 0 Å². The number of carbonyl (C=O) groups excluding carboxylic acids is 1. The second-order valence-electron chi connectivity index (χ2n) is 3.27. The number of carbonyl (C=O) groups is 1. The van der Waals surface area contributed by atoms with E-state index in [2.05, 4.69) is 32.2 Å². The molecule has 0 aliphatic carbocycles. The van der Waals surface area contributed by atoms with Crippen LogP contribution in [-0.2, 0) is 6.42 Å². The van der Waals surface area contributed by atoms with E-state index < -0.39 is 0 Å². The van der Waals surface area contributed by atoms with Crippen molar-refractivity contribution in [3.8, 4) is 0 Å². The van der Waals surface area contributed by atoms with E-state index in [1.807, 2.05) is 6.07 Å². The third-order valence-electron chi connectivity index (χ3n) is 2.14. The van der Waals surface area contributed by atoms with Crippen molar-refractivity contribution in [2.24, 2.45) is 0 Å². The molecule has 76 valence electrons. The van der Waals surface area contributed by atoms with Crippen LogP contribution >= 0.6 is 25.3 Å². The summed E-state index contributed by atoms with van der Waals surface area (Å²) in [6, 6.07) is 3.65. The molecule has 0 radical (unpaired) electrons. The van der Waals surface area contributed by atoms with Crippen LogP contribution in [0.2, 0.25) is 0 Å². The Morgan fingerprint density at radius 3 is 2.50 bits per heavy atom. The number of hydrogen-bond donors (Lipinski definition) is 2. The first kappa shape index (κ1) is 11.7. The number of rotatable bonds is 3. The smallest absolute Gasteiger partial charge is 0.160 e. The van der Waals surface area contributed by atoms with E-state index in [9.17, 15) is 4.79 Å². The Bertz CT molecular complexity index is 359. The van der Waals surface area contributed by atoms with E-state index in [-0.39, 0.29) is 5.78 Å². The lowest BCUT2D eigenvalue weighted by Gasteiger charge is -2.10. The highest BCUT2D eigenvalue weighted by Crippen LogP contribution is 2.27. The molecule has 0 N–H and O–H groups in total. The summed E-state index contributed by atoms with van der Waals surface area (Å²) in [6.07, 6.45) is 1.95. The van der Waals surface area contributed by atoms with E-state index >= 15 is 0 Å². The van der Waals surface area contributed by atoms with Crippen molar-refractivity contribution in [1.29, 1.82) is 0 Å². The maximum atomic E-state index is 11.3. The first-order chi connectivity index (χ1) is 6.57. The molecule has 0 aliphatic rings. The van der Waals surface area contributed by atoms with Crippen LogP contribution in [0.15, 0.2) is 21.9 Å². The van der Waals surface area contributed by atoms with Gasteiger partial charge in [0.25, 0.3) is 0 Å². The van der Waals surface area contributed by atoms with Crippen molar-refractivity contribution < 1.29 is 4.79 Å². The van der Waals surface area contributed by atoms with Gasteiger partial charge in [-0.05, 0) is 31.0 Å². The summed E-state index contributed by atoms with van der Waals surface area (Å²) in [6.45, 7) is 3.66. The Morgan fingerprint density at radius 2 is 2.00 bits per heavy atom. The maximum Gasteiger partial charge on any atom is 0.160 e. The highest BCUT2D eigenvalue weighted by molar-refractivity contribution is 7.81. The van der Waals surface area contributed by atoms with E-state index in [1.165, 1.54) is 0 Å². The second-order valence-corrected chi connectivity index (χ2v) is 4.19. The Hall–Kier alpha value is -0.410. The van der Waals surface area contributed by atoms with E-state index in [1.54, 1.807) is 13.0 Å². The number of thiol groups is 2. The van der Waals surface area contributed by atoms with Gasteiger partial charge >= 0.3 is 0 Å². The molecule has 0 atom stereocenters. The van der Waals surface area contributed by atoms with Gasteiger partial charge in [-0.2, -0.15) is 0 Å². The molecule has 0 spiro atoms. The summed E-state index contributed by atoms with van der Waals surface area (Å²) in [7, 11) is 0. The van der Waals surface area contributed by atoms with Crippen LogP contribution in [0.1, 0.15) is 36.2 Å². The van der Waals surface area contributed by atoms with E-state index in [4.69, 9.17) is 0 Å². The minimum absolute atomic E-state index is 0.0562. The van der Waals surface area contributed by atoms with Crippen LogP contribution in [0.5, 0.6) is 0 Å². The SMILES string of the molecule is CCCc1c(S)ccc(C(C)=O)c1S. The lowest BCUT2D eigenvalue weighted by Crippen LogP contribution is -1.99. The predicted octanol–water partition coefficient (Wildman–Crippen LogP) is 3.42. The van der Waals surface area contributed by atoms with E-state index in [0.29, 0.717) is 5.56 Å². The maximum absolute atomic E-state index is 11.3. The van der Waals surface area contributed by atoms with Crippen LogP contribution in [0.3, 0.4) is 0 Å². The predicted molar refractivity (Wildman–Crippen MR) is 64.9 cm³/mol. The molecule has 1 nitrogen and oxygen atoms in total. The number of Topliss-reactive ketones (excluding diaryl/α,β-unsaturated/α-hetero) is 1. The van der Waals surface area contributed by atoms with Gasteiger partial charge < -0.3 is 0 Å². The minimum Gasteiger partial charge on any atom is -0.294 e. The van der Waals surface area contributed by atoms with Crippen molar-refractivity contribution in [3.63, 3.8) is 0 Å². The van der Waals surface area contributed by atoms with Gasteiger partial charge in [-0.3, -0.25) is 4.79 Å². The molecule has 0 bridgehead atoms. The van der Waals surface area contributed by atoms with Crippen molar-refractivity contribution in [2.45, 2.75) is 36.5 Å². The van der Waals surface area contributed by atoms with Crippen molar-refractivity contribution in [1.82, 2.24) is 0 Å². The highest BCUT2D eigenvalue weighted by atomic mass is 32.1. The van der Waals surface area contributed by atoms with Gasteiger partial charge in [-0.15, -0.1) is 25.3 Å². The number of hydrogen-bond acceptors (Lipinski definition) is 3. The fourth-order valence-electron chi connectivity index (χ4n) is 1.41. The third kappa shape index (κ3) is 2.34. The molecule has 0 saturated heterocycles. The Labute approximate surface area is 95.7 Å². The summed E-state index contributed by atoms with van der Waals surface area (Å²) < 4.78 is 0. The molecular formula is C11H14OS2. The van der Waals surface area contributed by atoms with Gasteiger partial charge in [0.15, 0.2) is 5.78 Å². The zero-order valence-electron chi connectivity index (χ0n) is 8.37. The van der Waals surface area contributed by atoms with Gasteiger partial charge in [0, 0.05) is 15.4 Å². The monoisotopic (exact) mass is 226 g/mol. The van der Waals surface area contributed by atoms with E-state index in [0.717, 1.165) is 28.2 Å². The fraction of sp³-hybridized carbons (Fsp3) is 0.364. The first-order valence-electron chi connectivity index (χ1n) is 4.62. The summed E-state index contributed by atoms with van der Waals surface area (Å²) in [5.74, 6) is 0.0562. The molecule has 3 heteroatoms. The molecule has 14 heavy (non-hydrogen) atoms. The zero-order chi connectivity index (χ0) is 10.7. The van der Waals surface area contributed by atoms with Crippen molar-refractivity contribution in [3.05, 3.63) is 23.3 Å². The summed E-state index contributed by atoms with van der Waals surface area (Å²) >= 11 is 8.74. The first-order valence-corrected chi connectivity index (χ1v) is 5.52. The Kier molecular flexibility index (Phi) is 4.08. The normalized spacial score (nSPS) is 10.3. The molecule has 1 aromatic carbocycles. The Balaban J connectivity index is 3.26. The molecule has 0 heterocycles. The summed E-state index contributed by atoms with van der Waals surface area (Å²) in [5, 5.41) is 0. The quantitative estimate of drug-likeness (QED) is 0.596. The highest BCUT2D eigenvalue weighted by Gasteiger charge is 2.10. The fourth-order valence-corrected chi connectivity index (χ4v) is 2.26. The molecule has 0 saturated carbocycles. The summed E-state index contributed by atoms with van der Waals surface area (Å²) in [5.41, 5.74) is 1.77. The molecule has 0 aromatic heterocycles. The third-order valence-corrected chi connectivity index (χ3v) is 3.07. The molecule has 0 amide bonds. The molecule has 0 aliphatic heterocycles. The lowest BCUT2D eigenvalue weighted by atomic mass is 10.0. The van der Waals surface area contributed by atoms with Gasteiger partial charge in [0.1, 0.15) is 0 Å². The molecule has 1 aromatic rings. The molecular weight excluding hydrogens is 212 g/mol. The van der Waals surface area contributed by atoms with Crippen LogP contribution in [-0.4, -0.2) is 5.78 Å². The molecule has 0 fully saturated rings. The van der Waals surface area contributed by atoms with Crippen molar-refractivity contribution in [2.75, 3.05) is 0 Å². The van der Waals surface area contributed by atoms with Gasteiger partial charge in [0.05, 0.1) is 0 Å². The van der Waals surface area contributed by atoms with Gasteiger partial charge in [0.2, 0.25) is 0 Å². The average molecular weight is 226 g/mol. The number of benzene rings is 1. The summed E-state index contributed by atoms with van der Waals surface area (Å²) in [4.78, 5) is 13.0. The second kappa shape index (κ2) is 4.89. The van der Waals surface area contributed by atoms with Gasteiger partial charge in [-0.1, -0.05) is 13.3 Å². The Morgan fingerprint density at radius 1 is 1.36 bits per heavy atom. The van der Waals surface area contributed by atoms with Crippen LogP contribution in [0.25, 0.3) is 0 Å². The van der Waals surface area contributed by atoms with Crippen LogP contribution < -0.4 is 0 Å². The topological polar surface area (TPSA) is 17.1 Å². The lowest BCUT2D eigenvalue weighted by molar-refractivity contribution is 0.101. The van der Waals surface area contributed by atoms with Crippen molar-refractivity contribution >= 4 is 31.0 Å². The largest absolute Gasteiger partial charge is 0.294 e. The zero-order valence-corrected chi connectivity index (χ0v) is 10.2. The minimum atomic E-state index is 0.0562. The van der Waals surface area contributed by atoms with Crippen LogP contribution in [0.4, 0.5) is 0 Å². The average Bonchev–Trinajstić information content (AvgIpc) is 2.11. The van der Waals surface area contributed by atoms with Crippen LogP contribution in [0, 0.1) is 0 Å². The standard InChI is InChI=1S/C11H14OS2/c1-3-4-9-10(13)6-5-8(7(2)12)11(9)14/h5-6,13-14H,3-4H2,1-2H3.